The molecular formula is C2H3N2O4S. The van der Waals surface area contributed by atoms with Crippen LogP contribution in [0.25, 0.3) is 0 Å². The Bertz CT molecular complexity index is 211. The van der Waals surface area contributed by atoms with Crippen LogP contribution in [0.2, 0.25) is 0 Å². The molecule has 0 spiro atoms. The minimum atomic E-state index is -4.24. The fourth-order valence-electron chi connectivity index (χ4n) is 0.298. The lowest BCUT2D eigenvalue weighted by Crippen LogP contribution is -2.21. The summed E-state index contributed by atoms with van der Waals surface area (Å²) in [5, 5.41) is 3.16. The van der Waals surface area contributed by atoms with Crippen molar-refractivity contribution in [2.45, 2.75) is 0 Å². The number of hydrogen-bond acceptors (Lipinski definition) is 5. The highest BCUT2D eigenvalue weighted by Gasteiger charge is 2.29. The van der Waals surface area contributed by atoms with E-state index >= 15 is 0 Å². The third-order valence-electron chi connectivity index (χ3n) is 0.603. The summed E-state index contributed by atoms with van der Waals surface area (Å²) in [6.07, 6.45) is 0.864. The number of nitrogens with one attached hydrogen (secondary N) is 1. The van der Waals surface area contributed by atoms with Gasteiger partial charge in [-0.1, -0.05) is 0 Å². The zero-order chi connectivity index (χ0) is 6.91. The molecule has 0 unspecified atom stereocenters. The molecule has 0 bridgehead atoms. The highest BCUT2D eigenvalue weighted by molar-refractivity contribution is 7.88. The zero-order valence-electron chi connectivity index (χ0n) is 4.10. The van der Waals surface area contributed by atoms with Gasteiger partial charge in [0.2, 0.25) is 0 Å². The third kappa shape index (κ3) is 1.30. The number of hydrogen-bond donors (Lipinski definition) is 2. The van der Waals surface area contributed by atoms with Gasteiger partial charge >= 0.3 is 15.7 Å². The van der Waals surface area contributed by atoms with Crippen LogP contribution in [0.15, 0.2) is 5.10 Å². The van der Waals surface area contributed by atoms with E-state index in [-0.39, 0.29) is 0 Å². The molecule has 9 heavy (non-hydrogen) atoms. The second-order valence-corrected chi connectivity index (χ2v) is 2.55. The average molecular weight is 151 g/mol. The fraction of sp³-hybridized carbons (Fsp3) is 0. The van der Waals surface area contributed by atoms with Crippen molar-refractivity contribution in [1.29, 1.82) is 0 Å². The quantitative estimate of drug-likeness (QED) is 0.463. The molecule has 0 aromatic rings. The fourth-order valence-corrected chi connectivity index (χ4v) is 0.631. The Balaban J connectivity index is 2.68. The molecule has 0 fully saturated rings. The molecule has 1 aliphatic heterocycles. The zero-order valence-corrected chi connectivity index (χ0v) is 4.92. The molecular weight excluding hydrogens is 148 g/mol. The summed E-state index contributed by atoms with van der Waals surface area (Å²) >= 11 is 0. The number of rotatable bonds is 1. The van der Waals surface area contributed by atoms with Crippen molar-refractivity contribution in [1.82, 2.24) is 5.43 Å². The Labute approximate surface area is 51.3 Å². The lowest BCUT2D eigenvalue weighted by Gasteiger charge is -1.99. The molecule has 0 aromatic carbocycles. The van der Waals surface area contributed by atoms with Gasteiger partial charge in [0.25, 0.3) is 0 Å². The third-order valence-corrected chi connectivity index (χ3v) is 1.26. The van der Waals surface area contributed by atoms with E-state index in [9.17, 15) is 8.42 Å². The average Bonchev–Trinajstić information content (AvgIpc) is 2.08. The van der Waals surface area contributed by atoms with Crippen molar-refractivity contribution >= 4 is 16.5 Å². The van der Waals surface area contributed by atoms with E-state index in [1.807, 2.05) is 5.43 Å². The smallest absolute Gasteiger partial charge is 0.404 e. The minimum absolute atomic E-state index is 0.664. The minimum Gasteiger partial charge on any atom is -0.433 e. The van der Waals surface area contributed by atoms with Crippen molar-refractivity contribution in [2.75, 3.05) is 0 Å². The normalized spacial score (nSPS) is 19.2. The second-order valence-electron chi connectivity index (χ2n) is 1.23. The molecule has 0 saturated carbocycles. The van der Waals surface area contributed by atoms with Gasteiger partial charge in [0.1, 0.15) is 0 Å². The van der Waals surface area contributed by atoms with Gasteiger partial charge in [-0.2, -0.15) is 8.42 Å². The maximum Gasteiger partial charge on any atom is 0.404 e. The van der Waals surface area contributed by atoms with Crippen LogP contribution in [0.5, 0.6) is 0 Å². The first-order valence-corrected chi connectivity index (χ1v) is 3.33. The van der Waals surface area contributed by atoms with Gasteiger partial charge in [0, 0.05) is 0 Å². The number of nitrogens with zero attached hydrogens (tertiary/aromatic N) is 1. The van der Waals surface area contributed by atoms with Gasteiger partial charge in [-0.25, -0.2) is 5.43 Å². The summed E-state index contributed by atoms with van der Waals surface area (Å²) in [5.74, 6) is 0. The highest BCUT2D eigenvalue weighted by atomic mass is 32.2. The lowest BCUT2D eigenvalue weighted by atomic mass is 11.3. The van der Waals surface area contributed by atoms with Crippen molar-refractivity contribution < 1.29 is 17.7 Å². The molecule has 1 radical (unpaired) electrons. The molecule has 0 saturated heterocycles. The maximum absolute atomic E-state index is 10.1. The first kappa shape index (κ1) is 6.30. The van der Waals surface area contributed by atoms with Crippen molar-refractivity contribution in [3.63, 3.8) is 0 Å². The van der Waals surface area contributed by atoms with Gasteiger partial charge < -0.3 is 4.74 Å². The topological polar surface area (TPSA) is 88.0 Å². The molecule has 7 heteroatoms. The van der Waals surface area contributed by atoms with Crippen LogP contribution in [0.3, 0.4) is 0 Å². The van der Waals surface area contributed by atoms with E-state index in [2.05, 4.69) is 9.84 Å². The molecule has 6 nitrogen and oxygen atoms in total. The summed E-state index contributed by atoms with van der Waals surface area (Å²) in [5.41, 5.74) is 1.26. The van der Waals surface area contributed by atoms with Crippen LogP contribution in [0, 0.1) is 5.56 Å². The standard InChI is InChI=1S/C2H3N2O4S/c5-9(6,7)2-4-3-1-8-2/h1,4H,(H,5,6,7). The molecule has 0 aromatic heterocycles. The van der Waals surface area contributed by atoms with Crippen LogP contribution in [-0.2, 0) is 14.9 Å². The summed E-state index contributed by atoms with van der Waals surface area (Å²) in [4.78, 5) is 0. The largest absolute Gasteiger partial charge is 0.433 e. The summed E-state index contributed by atoms with van der Waals surface area (Å²) < 4.78 is 32.5. The Morgan fingerprint density at radius 1 is 1.78 bits per heavy atom. The summed E-state index contributed by atoms with van der Waals surface area (Å²) in [6.45, 7) is 0. The first-order chi connectivity index (χ1) is 4.11. The van der Waals surface area contributed by atoms with Gasteiger partial charge in [0.15, 0.2) is 6.40 Å². The number of ether oxygens (including phenoxy) is 1. The van der Waals surface area contributed by atoms with E-state index < -0.39 is 15.7 Å². The Kier molecular flexibility index (Phi) is 1.29. The molecule has 1 heterocycles. The van der Waals surface area contributed by atoms with E-state index in [4.69, 9.17) is 4.55 Å². The van der Waals surface area contributed by atoms with Crippen LogP contribution >= 0.6 is 0 Å². The summed E-state index contributed by atoms with van der Waals surface area (Å²) in [7, 11) is -4.24. The highest BCUT2D eigenvalue weighted by Crippen LogP contribution is 2.07. The molecule has 0 amide bonds. The van der Waals surface area contributed by atoms with E-state index in [0.29, 0.717) is 0 Å². The SMILES string of the molecule is O=S(=O)(O)[C]1NN=CO1. The van der Waals surface area contributed by atoms with E-state index in [1.54, 1.807) is 0 Å². The van der Waals surface area contributed by atoms with Crippen LogP contribution in [0.1, 0.15) is 0 Å². The first-order valence-electron chi connectivity index (χ1n) is 1.89. The monoisotopic (exact) mass is 151 g/mol. The molecule has 0 aliphatic carbocycles. The van der Waals surface area contributed by atoms with Crippen LogP contribution in [0.4, 0.5) is 0 Å². The second kappa shape index (κ2) is 1.85. The number of hydrazone groups is 1. The Morgan fingerprint density at radius 3 is 2.67 bits per heavy atom. The van der Waals surface area contributed by atoms with Crippen molar-refractivity contribution in [2.24, 2.45) is 5.10 Å². The van der Waals surface area contributed by atoms with Gasteiger partial charge in [-0.05, 0) is 0 Å². The van der Waals surface area contributed by atoms with Gasteiger partial charge in [-0.3, -0.25) is 4.55 Å². The predicted molar refractivity (Wildman–Crippen MR) is 27.5 cm³/mol. The van der Waals surface area contributed by atoms with Gasteiger partial charge in [-0.15, -0.1) is 5.10 Å². The molecule has 51 valence electrons. The van der Waals surface area contributed by atoms with E-state index in [0.717, 1.165) is 6.40 Å². The maximum atomic E-state index is 10.1. The predicted octanol–water partition coefficient (Wildman–Crippen LogP) is -1.12. The lowest BCUT2D eigenvalue weighted by molar-refractivity contribution is 0.348. The van der Waals surface area contributed by atoms with Crippen LogP contribution in [-0.4, -0.2) is 19.4 Å². The Hall–Kier alpha value is -0.820. The molecule has 1 rings (SSSR count). The van der Waals surface area contributed by atoms with Crippen molar-refractivity contribution in [3.8, 4) is 0 Å². The van der Waals surface area contributed by atoms with Gasteiger partial charge in [0.05, 0.1) is 0 Å². The summed E-state index contributed by atoms with van der Waals surface area (Å²) in [6, 6.07) is 0. The molecule has 2 N–H and O–H groups in total. The van der Waals surface area contributed by atoms with Crippen LogP contribution < -0.4 is 5.43 Å². The van der Waals surface area contributed by atoms with Crippen molar-refractivity contribution in [3.05, 3.63) is 5.56 Å². The molecule has 0 atom stereocenters. The molecule has 1 aliphatic rings. The Morgan fingerprint density at radius 2 is 2.44 bits per heavy atom. The van der Waals surface area contributed by atoms with E-state index in [1.165, 1.54) is 0 Å².